The second-order valence-corrected chi connectivity index (χ2v) is 6.85. The van der Waals surface area contributed by atoms with Crippen LogP contribution < -0.4 is 11.3 Å². The molecule has 2 heterocycles. The summed E-state index contributed by atoms with van der Waals surface area (Å²) in [6.07, 6.45) is 2.39. The zero-order valence-electron chi connectivity index (χ0n) is 15.1. The number of nitrogen functional groups attached to an aromatic ring is 1. The lowest BCUT2D eigenvalue weighted by atomic mass is 9.92. The number of aryl methyl sites for hydroxylation is 1. The lowest BCUT2D eigenvalue weighted by Crippen LogP contribution is -2.14. The zero-order chi connectivity index (χ0) is 19.4. The molecule has 0 saturated carbocycles. The molecule has 5 aromatic rings. The Balaban J connectivity index is 2.03. The number of H-pyrrole nitrogens is 2. The molecular weight excluding hydrogens is 355 g/mol. The summed E-state index contributed by atoms with van der Waals surface area (Å²) in [6.45, 7) is 2.09. The van der Waals surface area contributed by atoms with Crippen LogP contribution in [0.5, 0.6) is 0 Å². The fourth-order valence-electron chi connectivity index (χ4n) is 4.02. The molecule has 6 heteroatoms. The molecule has 0 bridgehead atoms. The van der Waals surface area contributed by atoms with E-state index in [0.717, 1.165) is 33.7 Å². The number of nitrogens with two attached hydrogens (primary N) is 1. The van der Waals surface area contributed by atoms with Gasteiger partial charge in [0.25, 0.3) is 5.56 Å². The highest BCUT2D eigenvalue weighted by molar-refractivity contribution is 6.15. The van der Waals surface area contributed by atoms with E-state index in [9.17, 15) is 9.18 Å². The predicted octanol–water partition coefficient (Wildman–Crippen LogP) is 4.51. The summed E-state index contributed by atoms with van der Waals surface area (Å²) in [5.41, 5.74) is 9.44. The number of hydrogen-bond acceptors (Lipinski definition) is 3. The standard InChI is InChI=1S/C22H17FN4O/c1-2-11-9-15-18(13-7-8-17(23)21-16(13)10-25-27-21)19(24)22(28)26-20(15)14-6-4-3-5-12(11)14/h3-10H,2,24H2,1H3,(H,25,27)(H,26,28). The number of aromatic amines is 2. The van der Waals surface area contributed by atoms with E-state index >= 15 is 0 Å². The van der Waals surface area contributed by atoms with Gasteiger partial charge in [0.05, 0.1) is 11.7 Å². The average molecular weight is 372 g/mol. The molecule has 0 fully saturated rings. The van der Waals surface area contributed by atoms with Crippen LogP contribution in [0.2, 0.25) is 0 Å². The Kier molecular flexibility index (Phi) is 3.49. The highest BCUT2D eigenvalue weighted by Crippen LogP contribution is 2.39. The molecular formula is C22H17FN4O. The molecule has 0 spiro atoms. The van der Waals surface area contributed by atoms with E-state index in [-0.39, 0.29) is 11.2 Å². The van der Waals surface area contributed by atoms with E-state index in [1.807, 2.05) is 24.3 Å². The molecule has 0 amide bonds. The van der Waals surface area contributed by atoms with Crippen molar-refractivity contribution in [3.63, 3.8) is 0 Å². The van der Waals surface area contributed by atoms with E-state index in [1.54, 1.807) is 12.3 Å². The minimum atomic E-state index is -0.399. The molecule has 0 aliphatic heterocycles. The summed E-state index contributed by atoms with van der Waals surface area (Å²) in [5, 5.41) is 10.1. The van der Waals surface area contributed by atoms with Crippen LogP contribution in [-0.2, 0) is 6.42 Å². The van der Waals surface area contributed by atoms with Crippen molar-refractivity contribution < 1.29 is 4.39 Å². The van der Waals surface area contributed by atoms with Gasteiger partial charge in [0.2, 0.25) is 0 Å². The van der Waals surface area contributed by atoms with Crippen LogP contribution in [0.4, 0.5) is 10.1 Å². The minimum absolute atomic E-state index is 0.110. The number of rotatable bonds is 2. The van der Waals surface area contributed by atoms with Crippen LogP contribution in [-0.4, -0.2) is 15.2 Å². The first-order chi connectivity index (χ1) is 13.6. The number of nitrogens with one attached hydrogen (secondary N) is 2. The summed E-state index contributed by atoms with van der Waals surface area (Å²) in [4.78, 5) is 15.6. The second kappa shape index (κ2) is 5.92. The number of hydrogen-bond donors (Lipinski definition) is 3. The van der Waals surface area contributed by atoms with Crippen LogP contribution in [0.3, 0.4) is 0 Å². The zero-order valence-corrected chi connectivity index (χ0v) is 15.1. The SMILES string of the molecule is CCc1cc2c(-c3ccc(F)c4[nH]ncc34)c(N)c(=O)[nH]c2c2ccccc12. The van der Waals surface area contributed by atoms with Crippen molar-refractivity contribution in [2.24, 2.45) is 0 Å². The van der Waals surface area contributed by atoms with E-state index in [2.05, 4.69) is 28.2 Å². The van der Waals surface area contributed by atoms with Gasteiger partial charge in [0.1, 0.15) is 17.0 Å². The van der Waals surface area contributed by atoms with Crippen molar-refractivity contribution in [3.05, 3.63) is 70.4 Å². The van der Waals surface area contributed by atoms with Gasteiger partial charge in [-0.3, -0.25) is 9.89 Å². The number of benzene rings is 3. The Hall–Kier alpha value is -3.67. The summed E-state index contributed by atoms with van der Waals surface area (Å²) in [7, 11) is 0. The van der Waals surface area contributed by atoms with Gasteiger partial charge < -0.3 is 10.7 Å². The van der Waals surface area contributed by atoms with Gasteiger partial charge in [-0.15, -0.1) is 0 Å². The lowest BCUT2D eigenvalue weighted by molar-refractivity contribution is 0.636. The van der Waals surface area contributed by atoms with Crippen LogP contribution in [0.15, 0.2) is 53.5 Å². The summed E-state index contributed by atoms with van der Waals surface area (Å²) in [5.74, 6) is -0.399. The fraction of sp³-hybridized carbons (Fsp3) is 0.0909. The number of pyridine rings is 1. The number of anilines is 1. The number of nitrogens with zero attached hydrogens (tertiary/aromatic N) is 1. The Morgan fingerprint density at radius 2 is 1.82 bits per heavy atom. The van der Waals surface area contributed by atoms with E-state index < -0.39 is 5.82 Å². The summed E-state index contributed by atoms with van der Waals surface area (Å²) < 4.78 is 14.2. The third-order valence-corrected chi connectivity index (χ3v) is 5.37. The molecule has 0 radical (unpaired) electrons. The first-order valence-electron chi connectivity index (χ1n) is 9.08. The Morgan fingerprint density at radius 1 is 1.04 bits per heavy atom. The highest BCUT2D eigenvalue weighted by atomic mass is 19.1. The molecule has 5 nitrogen and oxygen atoms in total. The maximum atomic E-state index is 14.2. The number of aromatic nitrogens is 3. The van der Waals surface area contributed by atoms with Crippen molar-refractivity contribution in [2.45, 2.75) is 13.3 Å². The van der Waals surface area contributed by atoms with Gasteiger partial charge in [-0.2, -0.15) is 5.10 Å². The number of fused-ring (bicyclic) bond motifs is 4. The van der Waals surface area contributed by atoms with Gasteiger partial charge in [0.15, 0.2) is 0 Å². The molecule has 0 unspecified atom stereocenters. The first-order valence-corrected chi connectivity index (χ1v) is 9.08. The smallest absolute Gasteiger partial charge is 0.272 e. The molecule has 2 aromatic heterocycles. The largest absolute Gasteiger partial charge is 0.394 e. The lowest BCUT2D eigenvalue weighted by Gasteiger charge is -2.15. The van der Waals surface area contributed by atoms with Gasteiger partial charge in [0, 0.05) is 21.7 Å². The van der Waals surface area contributed by atoms with E-state index in [0.29, 0.717) is 22.0 Å². The molecule has 3 aromatic carbocycles. The van der Waals surface area contributed by atoms with Crippen LogP contribution in [0.25, 0.3) is 43.7 Å². The number of halogens is 1. The fourth-order valence-corrected chi connectivity index (χ4v) is 4.02. The minimum Gasteiger partial charge on any atom is -0.394 e. The third kappa shape index (κ3) is 2.18. The molecule has 0 aliphatic rings. The van der Waals surface area contributed by atoms with Crippen LogP contribution in [0, 0.1) is 5.82 Å². The third-order valence-electron chi connectivity index (χ3n) is 5.37. The van der Waals surface area contributed by atoms with Crippen molar-refractivity contribution in [1.82, 2.24) is 15.2 Å². The Bertz CT molecular complexity index is 1450. The van der Waals surface area contributed by atoms with Crippen molar-refractivity contribution in [3.8, 4) is 11.1 Å². The monoisotopic (exact) mass is 372 g/mol. The Labute approximate surface area is 159 Å². The van der Waals surface area contributed by atoms with Crippen molar-refractivity contribution >= 4 is 38.3 Å². The van der Waals surface area contributed by atoms with Gasteiger partial charge in [-0.05, 0) is 35.1 Å². The molecule has 0 aliphatic carbocycles. The van der Waals surface area contributed by atoms with E-state index in [4.69, 9.17) is 5.73 Å². The van der Waals surface area contributed by atoms with Gasteiger partial charge in [-0.25, -0.2) is 4.39 Å². The molecule has 28 heavy (non-hydrogen) atoms. The Morgan fingerprint density at radius 3 is 2.61 bits per heavy atom. The predicted molar refractivity (Wildman–Crippen MR) is 111 cm³/mol. The first kappa shape index (κ1) is 16.5. The molecule has 4 N–H and O–H groups in total. The molecule has 0 saturated heterocycles. The summed E-state index contributed by atoms with van der Waals surface area (Å²) in [6, 6.07) is 13.1. The quantitative estimate of drug-likeness (QED) is 0.399. The molecule has 5 rings (SSSR count). The maximum absolute atomic E-state index is 14.2. The average Bonchev–Trinajstić information content (AvgIpc) is 3.21. The van der Waals surface area contributed by atoms with Crippen molar-refractivity contribution in [1.29, 1.82) is 0 Å². The van der Waals surface area contributed by atoms with Gasteiger partial charge >= 0.3 is 0 Å². The normalized spacial score (nSPS) is 11.6. The topological polar surface area (TPSA) is 87.6 Å². The van der Waals surface area contributed by atoms with Gasteiger partial charge in [-0.1, -0.05) is 37.3 Å². The molecule has 138 valence electrons. The molecule has 0 atom stereocenters. The summed E-state index contributed by atoms with van der Waals surface area (Å²) >= 11 is 0. The van der Waals surface area contributed by atoms with Crippen LogP contribution in [0.1, 0.15) is 12.5 Å². The second-order valence-electron chi connectivity index (χ2n) is 6.85. The maximum Gasteiger partial charge on any atom is 0.272 e. The van der Waals surface area contributed by atoms with Crippen LogP contribution >= 0.6 is 0 Å². The highest BCUT2D eigenvalue weighted by Gasteiger charge is 2.19. The van der Waals surface area contributed by atoms with E-state index in [1.165, 1.54) is 6.07 Å². The van der Waals surface area contributed by atoms with Crippen molar-refractivity contribution in [2.75, 3.05) is 5.73 Å².